The van der Waals surface area contributed by atoms with Crippen molar-refractivity contribution in [2.24, 2.45) is 0 Å². The largest absolute Gasteiger partial charge is 0.497 e. The van der Waals surface area contributed by atoms with E-state index in [1.54, 1.807) is 30.2 Å². The van der Waals surface area contributed by atoms with E-state index in [1.807, 2.05) is 42.5 Å². The van der Waals surface area contributed by atoms with Gasteiger partial charge in [-0.3, -0.25) is 9.59 Å². The average molecular weight is 532 g/mol. The molecule has 7 heteroatoms. The number of halogens is 1. The first-order valence-electron chi connectivity index (χ1n) is 13.7. The van der Waals surface area contributed by atoms with Crippen LogP contribution in [0.4, 0.5) is 4.39 Å². The number of carbonyl (C=O) groups excluding carboxylic acids is 2. The monoisotopic (exact) mass is 531 g/mol. The predicted octanol–water partition coefficient (Wildman–Crippen LogP) is 5.55. The Balaban J connectivity index is 1.70. The van der Waals surface area contributed by atoms with E-state index in [1.165, 1.54) is 12.1 Å². The summed E-state index contributed by atoms with van der Waals surface area (Å²) >= 11 is 0. The highest BCUT2D eigenvalue weighted by Crippen LogP contribution is 2.44. The summed E-state index contributed by atoms with van der Waals surface area (Å²) in [6.45, 7) is 7.77. The topological polar surface area (TPSA) is 61.9 Å². The van der Waals surface area contributed by atoms with Crippen LogP contribution in [0.25, 0.3) is 0 Å². The summed E-state index contributed by atoms with van der Waals surface area (Å²) in [6.07, 6.45) is 2.25. The molecule has 206 valence electrons. The Bertz CT molecular complexity index is 1250. The summed E-state index contributed by atoms with van der Waals surface area (Å²) in [6, 6.07) is 20.5. The van der Waals surface area contributed by atoms with Gasteiger partial charge in [0, 0.05) is 25.2 Å². The van der Waals surface area contributed by atoms with E-state index in [4.69, 9.17) is 4.74 Å². The van der Waals surface area contributed by atoms with E-state index in [9.17, 15) is 14.0 Å². The molecular formula is C32H38FN3O3. The highest BCUT2D eigenvalue weighted by atomic mass is 19.1. The number of hydrogen-bond donors (Lipinski definition) is 1. The summed E-state index contributed by atoms with van der Waals surface area (Å²) in [5.41, 5.74) is 2.85. The molecule has 2 atom stereocenters. The number of unbranched alkanes of at least 4 members (excludes halogenated alkanes) is 1. The zero-order valence-corrected chi connectivity index (χ0v) is 23.0. The highest BCUT2D eigenvalue weighted by molar-refractivity contribution is 6.01. The number of nitrogens with zero attached hydrogens (tertiary/aromatic N) is 2. The molecule has 6 nitrogen and oxygen atoms in total. The van der Waals surface area contributed by atoms with Gasteiger partial charge in [0.25, 0.3) is 5.91 Å². The zero-order valence-electron chi connectivity index (χ0n) is 23.0. The number of likely N-dealkylation sites (N-methyl/N-ethyl adjacent to an activating group) is 1. The van der Waals surface area contributed by atoms with Gasteiger partial charge in [-0.15, -0.1) is 0 Å². The van der Waals surface area contributed by atoms with Crippen LogP contribution in [0.3, 0.4) is 0 Å². The van der Waals surface area contributed by atoms with Crippen molar-refractivity contribution in [3.8, 4) is 5.75 Å². The fourth-order valence-corrected chi connectivity index (χ4v) is 5.27. The summed E-state index contributed by atoms with van der Waals surface area (Å²) in [5, 5.41) is 3.17. The van der Waals surface area contributed by atoms with Gasteiger partial charge in [-0.1, -0.05) is 62.7 Å². The van der Waals surface area contributed by atoms with E-state index in [-0.39, 0.29) is 24.2 Å². The highest BCUT2D eigenvalue weighted by Gasteiger charge is 2.44. The second kappa shape index (κ2) is 13.4. The minimum atomic E-state index is -0.613. The molecule has 1 N–H and O–H groups in total. The molecule has 1 aliphatic rings. The smallest absolute Gasteiger partial charge is 0.255 e. The van der Waals surface area contributed by atoms with Gasteiger partial charge in [-0.05, 0) is 66.5 Å². The van der Waals surface area contributed by atoms with Crippen molar-refractivity contribution < 1.29 is 18.7 Å². The fourth-order valence-electron chi connectivity index (χ4n) is 5.27. The minimum absolute atomic E-state index is 0.119. The molecule has 0 aliphatic carbocycles. The second-order valence-electron chi connectivity index (χ2n) is 9.92. The predicted molar refractivity (Wildman–Crippen MR) is 151 cm³/mol. The Labute approximate surface area is 230 Å². The SMILES string of the molecule is CCCCN(CC)CCNC(=O)[C@H]1c2ccccc2C(=O)N(Cc2ccc(F)cc2)[C@@H]1c1ccc(OC)cc1. The van der Waals surface area contributed by atoms with Gasteiger partial charge in [-0.2, -0.15) is 0 Å². The number of amides is 2. The van der Waals surface area contributed by atoms with Crippen molar-refractivity contribution in [1.82, 2.24) is 15.1 Å². The van der Waals surface area contributed by atoms with Crippen LogP contribution in [0, 0.1) is 5.82 Å². The van der Waals surface area contributed by atoms with Gasteiger partial charge >= 0.3 is 0 Å². The van der Waals surface area contributed by atoms with Crippen molar-refractivity contribution in [1.29, 1.82) is 0 Å². The molecule has 0 saturated heterocycles. The van der Waals surface area contributed by atoms with Crippen molar-refractivity contribution in [3.05, 3.63) is 101 Å². The molecule has 3 aromatic rings. The van der Waals surface area contributed by atoms with Crippen molar-refractivity contribution in [2.75, 3.05) is 33.3 Å². The Morgan fingerprint density at radius 1 is 1.00 bits per heavy atom. The number of nitrogens with one attached hydrogen (secondary N) is 1. The molecule has 1 heterocycles. The van der Waals surface area contributed by atoms with Crippen molar-refractivity contribution in [3.63, 3.8) is 0 Å². The molecular weight excluding hydrogens is 493 g/mol. The van der Waals surface area contributed by atoms with Crippen LogP contribution in [0.2, 0.25) is 0 Å². The quantitative estimate of drug-likeness (QED) is 0.333. The molecule has 0 saturated carbocycles. The molecule has 4 rings (SSSR count). The molecule has 0 bridgehead atoms. The lowest BCUT2D eigenvalue weighted by Crippen LogP contribution is -2.48. The Hall–Kier alpha value is -3.71. The van der Waals surface area contributed by atoms with E-state index < -0.39 is 12.0 Å². The summed E-state index contributed by atoms with van der Waals surface area (Å²) in [5.74, 6) is -0.529. The Morgan fingerprint density at radius 2 is 1.72 bits per heavy atom. The van der Waals surface area contributed by atoms with Gasteiger partial charge in [0.05, 0.1) is 19.1 Å². The zero-order chi connectivity index (χ0) is 27.8. The number of carbonyl (C=O) groups is 2. The minimum Gasteiger partial charge on any atom is -0.497 e. The second-order valence-corrected chi connectivity index (χ2v) is 9.92. The van der Waals surface area contributed by atoms with E-state index in [0.717, 1.165) is 49.2 Å². The fraction of sp³-hybridized carbons (Fsp3) is 0.375. The van der Waals surface area contributed by atoms with Crippen LogP contribution in [0.5, 0.6) is 5.75 Å². The lowest BCUT2D eigenvalue weighted by molar-refractivity contribution is -0.124. The summed E-state index contributed by atoms with van der Waals surface area (Å²) in [4.78, 5) is 31.9. The summed E-state index contributed by atoms with van der Waals surface area (Å²) in [7, 11) is 1.60. The molecule has 2 amide bonds. The maximum absolute atomic E-state index is 14.0. The maximum Gasteiger partial charge on any atom is 0.255 e. The number of methoxy groups -OCH3 is 1. The standard InChI is InChI=1S/C32H38FN3O3/c1-4-6-20-35(5-2)21-19-34-31(37)29-27-9-7-8-10-28(27)32(38)36(22-23-11-15-25(33)16-12-23)30(29)24-13-17-26(39-3)18-14-24/h7-18,29-30H,4-6,19-22H2,1-3H3,(H,34,37)/t29-,30+/m0/s1. The molecule has 0 fully saturated rings. The van der Waals surface area contributed by atoms with Crippen LogP contribution in [0.15, 0.2) is 72.8 Å². The van der Waals surface area contributed by atoms with Crippen LogP contribution >= 0.6 is 0 Å². The molecule has 39 heavy (non-hydrogen) atoms. The lowest BCUT2D eigenvalue weighted by atomic mass is 9.79. The van der Waals surface area contributed by atoms with Gasteiger partial charge in [-0.25, -0.2) is 4.39 Å². The molecule has 3 aromatic carbocycles. The van der Waals surface area contributed by atoms with Crippen molar-refractivity contribution >= 4 is 11.8 Å². The van der Waals surface area contributed by atoms with Gasteiger partial charge in [0.15, 0.2) is 0 Å². The third-order valence-corrected chi connectivity index (χ3v) is 7.45. The molecule has 1 aliphatic heterocycles. The third kappa shape index (κ3) is 6.66. The first-order valence-corrected chi connectivity index (χ1v) is 13.7. The molecule has 0 unspecified atom stereocenters. The maximum atomic E-state index is 14.0. The number of hydrogen-bond acceptors (Lipinski definition) is 4. The summed E-state index contributed by atoms with van der Waals surface area (Å²) < 4.78 is 19.0. The van der Waals surface area contributed by atoms with E-state index in [0.29, 0.717) is 17.9 Å². The Morgan fingerprint density at radius 3 is 2.38 bits per heavy atom. The number of benzene rings is 3. The number of ether oxygens (including phenoxy) is 1. The van der Waals surface area contributed by atoms with Gasteiger partial charge in [0.2, 0.25) is 5.91 Å². The first kappa shape index (κ1) is 28.3. The lowest BCUT2D eigenvalue weighted by Gasteiger charge is -2.42. The number of fused-ring (bicyclic) bond motifs is 1. The van der Waals surface area contributed by atoms with Crippen LogP contribution < -0.4 is 10.1 Å². The van der Waals surface area contributed by atoms with Gasteiger partial charge < -0.3 is 19.9 Å². The van der Waals surface area contributed by atoms with Crippen LogP contribution in [-0.4, -0.2) is 54.9 Å². The molecule has 0 spiro atoms. The van der Waals surface area contributed by atoms with Crippen molar-refractivity contribution in [2.45, 2.75) is 45.2 Å². The average Bonchev–Trinajstić information content (AvgIpc) is 2.97. The first-order chi connectivity index (χ1) is 19.0. The Kier molecular flexibility index (Phi) is 9.71. The van der Waals surface area contributed by atoms with Crippen LogP contribution in [0.1, 0.15) is 65.7 Å². The normalized spacial score (nSPS) is 16.7. The van der Waals surface area contributed by atoms with Crippen LogP contribution in [-0.2, 0) is 11.3 Å². The van der Waals surface area contributed by atoms with E-state index in [2.05, 4.69) is 24.1 Å². The molecule has 0 aromatic heterocycles. The molecule has 0 radical (unpaired) electrons. The third-order valence-electron chi connectivity index (χ3n) is 7.45. The van der Waals surface area contributed by atoms with E-state index >= 15 is 0 Å². The number of rotatable bonds is 12. The van der Waals surface area contributed by atoms with Gasteiger partial charge in [0.1, 0.15) is 11.6 Å².